The molecule has 3 rings (SSSR count). The van der Waals surface area contributed by atoms with Crippen molar-refractivity contribution in [1.29, 1.82) is 0 Å². The highest BCUT2D eigenvalue weighted by molar-refractivity contribution is 7.10. The molecule has 1 fully saturated rings. The van der Waals surface area contributed by atoms with Crippen LogP contribution in [0.3, 0.4) is 0 Å². The molecule has 17 heavy (non-hydrogen) atoms. The molecule has 0 aliphatic carbocycles. The van der Waals surface area contributed by atoms with E-state index in [-0.39, 0.29) is 5.54 Å². The van der Waals surface area contributed by atoms with Gasteiger partial charge in [-0.15, -0.1) is 11.3 Å². The lowest BCUT2D eigenvalue weighted by molar-refractivity contribution is 0.0357. The number of hydrogen-bond acceptors (Lipinski definition) is 4. The van der Waals surface area contributed by atoms with E-state index in [0.29, 0.717) is 0 Å². The molecule has 2 aliphatic heterocycles. The summed E-state index contributed by atoms with van der Waals surface area (Å²) >= 11 is 1.89. The fourth-order valence-electron chi connectivity index (χ4n) is 2.82. The number of rotatable bonds is 2. The van der Waals surface area contributed by atoms with Crippen LogP contribution in [-0.2, 0) is 17.7 Å². The molecule has 0 amide bonds. The smallest absolute Gasteiger partial charge is 0.0484 e. The third-order valence-corrected chi connectivity index (χ3v) is 4.94. The highest BCUT2D eigenvalue weighted by atomic mass is 32.1. The summed E-state index contributed by atoms with van der Waals surface area (Å²) in [7, 11) is 0. The molecule has 2 N–H and O–H groups in total. The molecule has 0 unspecified atom stereocenters. The zero-order valence-electron chi connectivity index (χ0n) is 10.2. The van der Waals surface area contributed by atoms with Gasteiger partial charge in [0.25, 0.3) is 0 Å². The molecular weight excluding hydrogens is 232 g/mol. The van der Waals surface area contributed by atoms with Crippen molar-refractivity contribution in [3.05, 3.63) is 21.9 Å². The summed E-state index contributed by atoms with van der Waals surface area (Å²) in [6.45, 7) is 4.92. The molecule has 4 heteroatoms. The van der Waals surface area contributed by atoms with E-state index in [1.165, 1.54) is 12.0 Å². The maximum absolute atomic E-state index is 6.47. The van der Waals surface area contributed by atoms with Crippen molar-refractivity contribution in [2.75, 3.05) is 26.3 Å². The first-order chi connectivity index (χ1) is 8.25. The molecule has 3 heterocycles. The van der Waals surface area contributed by atoms with Gasteiger partial charge < -0.3 is 10.5 Å². The van der Waals surface area contributed by atoms with Crippen LogP contribution in [0.2, 0.25) is 0 Å². The van der Waals surface area contributed by atoms with E-state index in [4.69, 9.17) is 10.5 Å². The quantitative estimate of drug-likeness (QED) is 0.869. The standard InChI is InChI=1S/C13H20N2OS/c14-13(3-6-16-7-4-13)10-15-5-1-12-11(9-15)2-8-17-12/h2,8H,1,3-7,9-10,14H2. The topological polar surface area (TPSA) is 38.5 Å². The molecular formula is C13H20N2OS. The van der Waals surface area contributed by atoms with Crippen molar-refractivity contribution in [3.63, 3.8) is 0 Å². The molecule has 1 aromatic heterocycles. The Bertz CT molecular complexity index is 385. The Balaban J connectivity index is 1.63. The first-order valence-electron chi connectivity index (χ1n) is 6.39. The van der Waals surface area contributed by atoms with Crippen LogP contribution < -0.4 is 5.73 Å². The van der Waals surface area contributed by atoms with Crippen molar-refractivity contribution < 1.29 is 4.74 Å². The van der Waals surface area contributed by atoms with Crippen molar-refractivity contribution in [1.82, 2.24) is 4.90 Å². The number of thiophene rings is 1. The van der Waals surface area contributed by atoms with Crippen molar-refractivity contribution in [2.24, 2.45) is 5.73 Å². The van der Waals surface area contributed by atoms with E-state index < -0.39 is 0 Å². The molecule has 1 saturated heterocycles. The summed E-state index contributed by atoms with van der Waals surface area (Å²) in [6, 6.07) is 2.26. The highest BCUT2D eigenvalue weighted by Crippen LogP contribution is 2.26. The van der Waals surface area contributed by atoms with Gasteiger partial charge in [0.05, 0.1) is 0 Å². The van der Waals surface area contributed by atoms with Crippen LogP contribution >= 0.6 is 11.3 Å². The van der Waals surface area contributed by atoms with E-state index >= 15 is 0 Å². The summed E-state index contributed by atoms with van der Waals surface area (Å²) < 4.78 is 5.40. The Labute approximate surface area is 107 Å². The summed E-state index contributed by atoms with van der Waals surface area (Å²) in [5.74, 6) is 0. The first-order valence-corrected chi connectivity index (χ1v) is 7.27. The van der Waals surface area contributed by atoms with Crippen molar-refractivity contribution in [3.8, 4) is 0 Å². The van der Waals surface area contributed by atoms with E-state index in [9.17, 15) is 0 Å². The molecule has 1 aromatic rings. The van der Waals surface area contributed by atoms with Gasteiger partial charge in [-0.1, -0.05) is 0 Å². The van der Waals surface area contributed by atoms with Gasteiger partial charge in [0, 0.05) is 43.3 Å². The summed E-state index contributed by atoms with van der Waals surface area (Å²) in [4.78, 5) is 4.08. The third kappa shape index (κ3) is 2.55. The van der Waals surface area contributed by atoms with Crippen LogP contribution in [0, 0.1) is 0 Å². The highest BCUT2D eigenvalue weighted by Gasteiger charge is 2.31. The molecule has 0 aromatic carbocycles. The lowest BCUT2D eigenvalue weighted by Crippen LogP contribution is -2.54. The largest absolute Gasteiger partial charge is 0.381 e. The van der Waals surface area contributed by atoms with Crippen LogP contribution in [-0.4, -0.2) is 36.7 Å². The molecule has 0 bridgehead atoms. The van der Waals surface area contributed by atoms with Crippen LogP contribution in [0.25, 0.3) is 0 Å². The first kappa shape index (κ1) is 11.7. The van der Waals surface area contributed by atoms with E-state index in [0.717, 1.165) is 45.7 Å². The molecule has 0 saturated carbocycles. The summed E-state index contributed by atoms with van der Waals surface area (Å²) in [5, 5.41) is 2.21. The average molecular weight is 252 g/mol. The van der Waals surface area contributed by atoms with E-state index in [1.807, 2.05) is 11.3 Å². The van der Waals surface area contributed by atoms with Gasteiger partial charge in [-0.3, -0.25) is 4.90 Å². The molecule has 0 radical (unpaired) electrons. The predicted octanol–water partition coefficient (Wildman–Crippen LogP) is 1.61. The van der Waals surface area contributed by atoms with Crippen LogP contribution in [0.1, 0.15) is 23.3 Å². The van der Waals surface area contributed by atoms with Gasteiger partial charge >= 0.3 is 0 Å². The molecule has 94 valence electrons. The summed E-state index contributed by atoms with van der Waals surface area (Å²) in [6.07, 6.45) is 3.19. The molecule has 3 nitrogen and oxygen atoms in total. The summed E-state index contributed by atoms with van der Waals surface area (Å²) in [5.41, 5.74) is 7.96. The van der Waals surface area contributed by atoms with Gasteiger partial charge in [-0.05, 0) is 36.3 Å². The van der Waals surface area contributed by atoms with Crippen LogP contribution in [0.4, 0.5) is 0 Å². The Morgan fingerprint density at radius 1 is 1.41 bits per heavy atom. The van der Waals surface area contributed by atoms with E-state index in [2.05, 4.69) is 16.3 Å². The minimum Gasteiger partial charge on any atom is -0.381 e. The lowest BCUT2D eigenvalue weighted by Gasteiger charge is -2.39. The second-order valence-electron chi connectivity index (χ2n) is 5.30. The van der Waals surface area contributed by atoms with Crippen molar-refractivity contribution in [2.45, 2.75) is 31.3 Å². The van der Waals surface area contributed by atoms with Crippen molar-refractivity contribution >= 4 is 11.3 Å². The maximum Gasteiger partial charge on any atom is 0.0484 e. The zero-order valence-corrected chi connectivity index (χ0v) is 11.0. The Hall–Kier alpha value is -0.420. The maximum atomic E-state index is 6.47. The fourth-order valence-corrected chi connectivity index (χ4v) is 3.71. The lowest BCUT2D eigenvalue weighted by atomic mass is 9.90. The number of fused-ring (bicyclic) bond motifs is 1. The monoisotopic (exact) mass is 252 g/mol. The SMILES string of the molecule is NC1(CN2CCc3sccc3C2)CCOCC1. The zero-order chi connectivity index (χ0) is 11.7. The molecule has 0 spiro atoms. The normalized spacial score (nSPS) is 24.5. The number of hydrogen-bond donors (Lipinski definition) is 1. The number of nitrogens with two attached hydrogens (primary N) is 1. The second kappa shape index (κ2) is 4.69. The predicted molar refractivity (Wildman–Crippen MR) is 70.3 cm³/mol. The van der Waals surface area contributed by atoms with Gasteiger partial charge in [-0.2, -0.15) is 0 Å². The Kier molecular flexibility index (Phi) is 3.21. The van der Waals surface area contributed by atoms with Gasteiger partial charge in [-0.25, -0.2) is 0 Å². The average Bonchev–Trinajstić information content (AvgIpc) is 2.76. The van der Waals surface area contributed by atoms with E-state index in [1.54, 1.807) is 4.88 Å². The Morgan fingerprint density at radius 2 is 2.24 bits per heavy atom. The van der Waals surface area contributed by atoms with Gasteiger partial charge in [0.1, 0.15) is 0 Å². The number of ether oxygens (including phenoxy) is 1. The minimum absolute atomic E-state index is 0.0220. The van der Waals surface area contributed by atoms with Crippen LogP contribution in [0.15, 0.2) is 11.4 Å². The molecule has 0 atom stereocenters. The minimum atomic E-state index is -0.0220. The molecule has 2 aliphatic rings. The fraction of sp³-hybridized carbons (Fsp3) is 0.692. The second-order valence-corrected chi connectivity index (χ2v) is 6.31. The van der Waals surface area contributed by atoms with Gasteiger partial charge in [0.15, 0.2) is 0 Å². The van der Waals surface area contributed by atoms with Gasteiger partial charge in [0.2, 0.25) is 0 Å². The third-order valence-electron chi connectivity index (χ3n) is 3.91. The van der Waals surface area contributed by atoms with Crippen LogP contribution in [0.5, 0.6) is 0 Å². The Morgan fingerprint density at radius 3 is 3.06 bits per heavy atom. The number of nitrogens with zero attached hydrogens (tertiary/aromatic N) is 1.